The summed E-state index contributed by atoms with van der Waals surface area (Å²) in [6, 6.07) is 9.45. The molecule has 0 amide bonds. The van der Waals surface area contributed by atoms with Crippen LogP contribution < -0.4 is 5.32 Å². The minimum absolute atomic E-state index is 0.396. The predicted octanol–water partition coefficient (Wildman–Crippen LogP) is 3.26. The second kappa shape index (κ2) is 10.8. The van der Waals surface area contributed by atoms with Crippen LogP contribution in [0.15, 0.2) is 24.3 Å². The van der Waals surface area contributed by atoms with Crippen LogP contribution >= 0.6 is 0 Å². The van der Waals surface area contributed by atoms with Crippen molar-refractivity contribution in [3.05, 3.63) is 35.4 Å². The van der Waals surface area contributed by atoms with Crippen LogP contribution in [0.1, 0.15) is 44.4 Å². The van der Waals surface area contributed by atoms with Crippen molar-refractivity contribution in [3.63, 3.8) is 0 Å². The van der Waals surface area contributed by atoms with E-state index < -0.39 is 0 Å². The van der Waals surface area contributed by atoms with Crippen molar-refractivity contribution in [1.82, 2.24) is 10.2 Å². The molecule has 1 aromatic rings. The monoisotopic (exact) mass is 292 g/mol. The van der Waals surface area contributed by atoms with Gasteiger partial charge in [-0.3, -0.25) is 4.90 Å². The highest BCUT2D eigenvalue weighted by molar-refractivity contribution is 5.25. The van der Waals surface area contributed by atoms with Gasteiger partial charge in [-0.25, -0.2) is 0 Å². The first-order valence-electron chi connectivity index (χ1n) is 8.28. The molecule has 3 heteroatoms. The SMILES string of the molecule is CCCNC(CN(CC)CCOC)c1ccc(CC)cc1. The number of rotatable bonds is 11. The molecule has 1 N–H and O–H groups in total. The van der Waals surface area contributed by atoms with E-state index in [1.165, 1.54) is 11.1 Å². The van der Waals surface area contributed by atoms with Crippen molar-refractivity contribution in [3.8, 4) is 0 Å². The smallest absolute Gasteiger partial charge is 0.0589 e. The highest BCUT2D eigenvalue weighted by atomic mass is 16.5. The van der Waals surface area contributed by atoms with Gasteiger partial charge in [0.2, 0.25) is 0 Å². The molecule has 0 aliphatic carbocycles. The molecule has 1 aromatic carbocycles. The lowest BCUT2D eigenvalue weighted by Crippen LogP contribution is -2.37. The minimum Gasteiger partial charge on any atom is -0.383 e. The highest BCUT2D eigenvalue weighted by Gasteiger charge is 2.14. The van der Waals surface area contributed by atoms with Gasteiger partial charge < -0.3 is 10.1 Å². The van der Waals surface area contributed by atoms with Gasteiger partial charge in [-0.15, -0.1) is 0 Å². The van der Waals surface area contributed by atoms with E-state index in [1.54, 1.807) is 7.11 Å². The Morgan fingerprint density at radius 1 is 1.14 bits per heavy atom. The number of likely N-dealkylation sites (N-methyl/N-ethyl adjacent to an activating group) is 1. The maximum absolute atomic E-state index is 5.21. The van der Waals surface area contributed by atoms with Gasteiger partial charge >= 0.3 is 0 Å². The summed E-state index contributed by atoms with van der Waals surface area (Å²) in [5, 5.41) is 3.68. The van der Waals surface area contributed by atoms with Crippen molar-refractivity contribution in [2.75, 3.05) is 39.9 Å². The Morgan fingerprint density at radius 3 is 2.38 bits per heavy atom. The molecule has 0 fully saturated rings. The first kappa shape index (κ1) is 18.1. The molecule has 0 heterocycles. The molecule has 0 radical (unpaired) electrons. The van der Waals surface area contributed by atoms with Crippen LogP contribution in [0.3, 0.4) is 0 Å². The van der Waals surface area contributed by atoms with E-state index in [9.17, 15) is 0 Å². The Labute approximate surface area is 130 Å². The molecule has 120 valence electrons. The number of hydrogen-bond donors (Lipinski definition) is 1. The number of nitrogens with zero attached hydrogens (tertiary/aromatic N) is 1. The Morgan fingerprint density at radius 2 is 1.86 bits per heavy atom. The standard InChI is InChI=1S/C18H32N2O/c1-5-12-19-18(15-20(7-3)13-14-21-4)17-10-8-16(6-2)9-11-17/h8-11,18-19H,5-7,12-15H2,1-4H3. The summed E-state index contributed by atoms with van der Waals surface area (Å²) in [5.41, 5.74) is 2.79. The number of methoxy groups -OCH3 is 1. The number of ether oxygens (including phenoxy) is 1. The average Bonchev–Trinajstić information content (AvgIpc) is 2.54. The van der Waals surface area contributed by atoms with Crippen LogP contribution in [0.4, 0.5) is 0 Å². The Balaban J connectivity index is 2.72. The van der Waals surface area contributed by atoms with Crippen molar-refractivity contribution < 1.29 is 4.74 Å². The van der Waals surface area contributed by atoms with Gasteiger partial charge in [-0.1, -0.05) is 45.0 Å². The lowest BCUT2D eigenvalue weighted by atomic mass is 10.0. The summed E-state index contributed by atoms with van der Waals surface area (Å²) < 4.78 is 5.21. The van der Waals surface area contributed by atoms with Crippen LogP contribution in [0, 0.1) is 0 Å². The molecule has 0 aromatic heterocycles. The number of benzene rings is 1. The quantitative estimate of drug-likeness (QED) is 0.677. The summed E-state index contributed by atoms with van der Waals surface area (Å²) in [7, 11) is 1.77. The second-order valence-electron chi connectivity index (χ2n) is 5.49. The molecule has 1 rings (SSSR count). The zero-order valence-electron chi connectivity index (χ0n) is 14.2. The fourth-order valence-electron chi connectivity index (χ4n) is 2.45. The topological polar surface area (TPSA) is 24.5 Å². The van der Waals surface area contributed by atoms with Gasteiger partial charge in [0.1, 0.15) is 0 Å². The molecular formula is C18H32N2O. The third-order valence-electron chi connectivity index (χ3n) is 3.93. The molecule has 0 aliphatic rings. The van der Waals surface area contributed by atoms with Gasteiger partial charge in [0.15, 0.2) is 0 Å². The molecule has 1 atom stereocenters. The summed E-state index contributed by atoms with van der Waals surface area (Å²) in [6.45, 7) is 11.6. The van der Waals surface area contributed by atoms with Crippen molar-refractivity contribution in [2.24, 2.45) is 0 Å². The zero-order chi connectivity index (χ0) is 15.5. The van der Waals surface area contributed by atoms with Crippen LogP contribution in [-0.2, 0) is 11.2 Å². The summed E-state index contributed by atoms with van der Waals surface area (Å²) in [6.07, 6.45) is 2.26. The van der Waals surface area contributed by atoms with Gasteiger partial charge in [-0.2, -0.15) is 0 Å². The first-order chi connectivity index (χ1) is 10.2. The lowest BCUT2D eigenvalue weighted by molar-refractivity contribution is 0.144. The van der Waals surface area contributed by atoms with E-state index in [1.807, 2.05) is 0 Å². The third kappa shape index (κ3) is 6.60. The van der Waals surface area contributed by atoms with E-state index in [0.29, 0.717) is 6.04 Å². The molecule has 1 unspecified atom stereocenters. The fraction of sp³-hybridized carbons (Fsp3) is 0.667. The van der Waals surface area contributed by atoms with E-state index >= 15 is 0 Å². The molecule has 0 spiro atoms. The van der Waals surface area contributed by atoms with Crippen LogP contribution in [0.2, 0.25) is 0 Å². The highest BCUT2D eigenvalue weighted by Crippen LogP contribution is 2.16. The average molecular weight is 292 g/mol. The molecule has 21 heavy (non-hydrogen) atoms. The summed E-state index contributed by atoms with van der Waals surface area (Å²) >= 11 is 0. The van der Waals surface area contributed by atoms with Gasteiger partial charge in [0.25, 0.3) is 0 Å². The largest absolute Gasteiger partial charge is 0.383 e. The van der Waals surface area contributed by atoms with E-state index in [4.69, 9.17) is 4.74 Å². The third-order valence-corrected chi connectivity index (χ3v) is 3.93. The fourth-order valence-corrected chi connectivity index (χ4v) is 2.45. The van der Waals surface area contributed by atoms with Gasteiger partial charge in [0.05, 0.1) is 6.61 Å². The zero-order valence-corrected chi connectivity index (χ0v) is 14.2. The normalized spacial score (nSPS) is 12.8. The van der Waals surface area contributed by atoms with Crippen LogP contribution in [-0.4, -0.2) is 44.8 Å². The Kier molecular flexibility index (Phi) is 9.31. The molecule has 0 bridgehead atoms. The van der Waals surface area contributed by atoms with E-state index in [-0.39, 0.29) is 0 Å². The number of nitrogens with one attached hydrogen (secondary N) is 1. The maximum atomic E-state index is 5.21. The predicted molar refractivity (Wildman–Crippen MR) is 90.8 cm³/mol. The minimum atomic E-state index is 0.396. The number of aryl methyl sites for hydroxylation is 1. The van der Waals surface area contributed by atoms with Gasteiger partial charge in [-0.05, 0) is 37.1 Å². The van der Waals surface area contributed by atoms with Crippen LogP contribution in [0.5, 0.6) is 0 Å². The molecule has 0 saturated carbocycles. The summed E-state index contributed by atoms with van der Waals surface area (Å²) in [4.78, 5) is 2.45. The second-order valence-corrected chi connectivity index (χ2v) is 5.49. The molecule has 3 nitrogen and oxygen atoms in total. The molecule has 0 saturated heterocycles. The van der Waals surface area contributed by atoms with E-state index in [2.05, 4.69) is 55.3 Å². The molecule has 0 aliphatic heterocycles. The Hall–Kier alpha value is -0.900. The van der Waals surface area contributed by atoms with Crippen molar-refractivity contribution in [1.29, 1.82) is 0 Å². The van der Waals surface area contributed by atoms with Crippen LogP contribution in [0.25, 0.3) is 0 Å². The van der Waals surface area contributed by atoms with Crippen molar-refractivity contribution in [2.45, 2.75) is 39.7 Å². The lowest BCUT2D eigenvalue weighted by Gasteiger charge is -2.27. The van der Waals surface area contributed by atoms with E-state index in [0.717, 1.165) is 45.6 Å². The number of hydrogen-bond acceptors (Lipinski definition) is 3. The molecular weight excluding hydrogens is 260 g/mol. The first-order valence-corrected chi connectivity index (χ1v) is 8.28. The van der Waals surface area contributed by atoms with Crippen molar-refractivity contribution >= 4 is 0 Å². The summed E-state index contributed by atoms with van der Waals surface area (Å²) in [5.74, 6) is 0. The Bertz CT molecular complexity index is 364. The van der Waals surface area contributed by atoms with Gasteiger partial charge in [0, 0.05) is 26.2 Å². The maximum Gasteiger partial charge on any atom is 0.0589 e.